The zero-order valence-electron chi connectivity index (χ0n) is 13.5. The highest BCUT2D eigenvalue weighted by molar-refractivity contribution is 6.81. The minimum atomic E-state index is -1.08. The van der Waals surface area contributed by atoms with Crippen LogP contribution in [0.4, 0.5) is 0 Å². The Balaban J connectivity index is 4.05. The first-order valence-electron chi connectivity index (χ1n) is 7.96. The minimum absolute atomic E-state index is 0.337. The first-order valence-corrected chi connectivity index (χ1v) is 11.5. The summed E-state index contributed by atoms with van der Waals surface area (Å²) in [7, 11) is -1.08. The maximum atomic E-state index is 8.71. The maximum Gasteiger partial charge on any atom is 0.0686 e. The highest BCUT2D eigenvalue weighted by Crippen LogP contribution is 2.17. The molecule has 1 nitrogen and oxygen atoms in total. The Labute approximate surface area is 121 Å². The summed E-state index contributed by atoms with van der Waals surface area (Å²) in [5, 5.41) is 8.71. The lowest BCUT2D eigenvalue weighted by molar-refractivity contribution is 0.283. The van der Waals surface area contributed by atoms with E-state index < -0.39 is 8.07 Å². The van der Waals surface area contributed by atoms with Gasteiger partial charge in [0.05, 0.1) is 8.07 Å². The van der Waals surface area contributed by atoms with Gasteiger partial charge in [-0.05, 0) is 38.5 Å². The van der Waals surface area contributed by atoms with Crippen molar-refractivity contribution in [1.82, 2.24) is 0 Å². The summed E-state index contributed by atoms with van der Waals surface area (Å²) < 4.78 is 0. The van der Waals surface area contributed by atoms with E-state index in [4.69, 9.17) is 5.11 Å². The molecule has 112 valence electrons. The molecule has 0 heterocycles. The molecule has 0 aromatic carbocycles. The number of allylic oxidation sites excluding steroid dienone is 3. The number of rotatable bonds is 11. The Morgan fingerprint density at radius 3 is 2.32 bits per heavy atom. The van der Waals surface area contributed by atoms with Crippen molar-refractivity contribution in [3.8, 4) is 0 Å². The predicted octanol–water partition coefficient (Wildman–Crippen LogP) is 5.48. The molecule has 0 radical (unpaired) electrons. The van der Waals surface area contributed by atoms with Gasteiger partial charge in [-0.3, -0.25) is 0 Å². The van der Waals surface area contributed by atoms with E-state index in [1.165, 1.54) is 25.7 Å². The first-order chi connectivity index (χ1) is 8.99. The van der Waals surface area contributed by atoms with E-state index in [0.29, 0.717) is 6.61 Å². The van der Waals surface area contributed by atoms with Crippen LogP contribution in [0.25, 0.3) is 0 Å². The van der Waals surface area contributed by atoms with Gasteiger partial charge in [-0.1, -0.05) is 62.8 Å². The summed E-state index contributed by atoms with van der Waals surface area (Å²) >= 11 is 0. The fraction of sp³-hybridized carbons (Fsp3) is 0.765. The van der Waals surface area contributed by atoms with Crippen LogP contribution in [0.1, 0.15) is 58.3 Å². The van der Waals surface area contributed by atoms with Crippen molar-refractivity contribution >= 4 is 8.07 Å². The van der Waals surface area contributed by atoms with Gasteiger partial charge in [0.2, 0.25) is 0 Å². The van der Waals surface area contributed by atoms with Crippen molar-refractivity contribution in [2.45, 2.75) is 77.9 Å². The molecule has 0 rings (SSSR count). The number of aliphatic hydroxyl groups is 1. The third kappa shape index (κ3) is 13.9. The van der Waals surface area contributed by atoms with E-state index >= 15 is 0 Å². The molecule has 1 N–H and O–H groups in total. The topological polar surface area (TPSA) is 20.2 Å². The summed E-state index contributed by atoms with van der Waals surface area (Å²) in [5.74, 6) is 0. The van der Waals surface area contributed by atoms with E-state index in [1.807, 2.05) is 0 Å². The van der Waals surface area contributed by atoms with Crippen molar-refractivity contribution in [3.05, 3.63) is 23.4 Å². The first kappa shape index (κ1) is 18.7. The molecule has 0 saturated carbocycles. The Morgan fingerprint density at radius 2 is 1.74 bits per heavy atom. The van der Waals surface area contributed by atoms with Crippen LogP contribution in [0.3, 0.4) is 0 Å². The van der Waals surface area contributed by atoms with Gasteiger partial charge in [0.15, 0.2) is 0 Å². The van der Waals surface area contributed by atoms with Crippen LogP contribution in [0.2, 0.25) is 19.6 Å². The molecule has 0 amide bonds. The van der Waals surface area contributed by atoms with Crippen LogP contribution in [0.15, 0.2) is 23.4 Å². The van der Waals surface area contributed by atoms with E-state index in [0.717, 1.165) is 25.7 Å². The molecular weight excluding hydrogens is 248 g/mol. The van der Waals surface area contributed by atoms with Crippen molar-refractivity contribution in [1.29, 1.82) is 0 Å². The van der Waals surface area contributed by atoms with Crippen LogP contribution >= 0.6 is 0 Å². The molecule has 0 aliphatic carbocycles. The predicted molar refractivity (Wildman–Crippen MR) is 90.3 cm³/mol. The minimum Gasteiger partial charge on any atom is -0.396 e. The number of aliphatic hydroxyl groups excluding tert-OH is 1. The zero-order chi connectivity index (χ0) is 14.6. The average Bonchev–Trinajstić information content (AvgIpc) is 2.33. The molecule has 2 heteroatoms. The van der Waals surface area contributed by atoms with Gasteiger partial charge >= 0.3 is 0 Å². The van der Waals surface area contributed by atoms with Crippen LogP contribution in [0, 0.1) is 0 Å². The van der Waals surface area contributed by atoms with Crippen LogP contribution in [-0.4, -0.2) is 19.8 Å². The van der Waals surface area contributed by atoms with Crippen molar-refractivity contribution in [2.24, 2.45) is 0 Å². The van der Waals surface area contributed by atoms with E-state index in [2.05, 4.69) is 44.4 Å². The average molecular weight is 283 g/mol. The molecule has 19 heavy (non-hydrogen) atoms. The highest BCUT2D eigenvalue weighted by Gasteiger charge is 2.10. The summed E-state index contributed by atoms with van der Waals surface area (Å²) in [6.07, 6.45) is 14.2. The van der Waals surface area contributed by atoms with Gasteiger partial charge in [-0.2, -0.15) is 0 Å². The molecule has 0 aromatic rings. The highest BCUT2D eigenvalue weighted by atomic mass is 28.3. The van der Waals surface area contributed by atoms with E-state index in [1.54, 1.807) is 5.57 Å². The number of hydrogen-bond acceptors (Lipinski definition) is 1. The molecule has 0 unspecified atom stereocenters. The SMILES string of the molecule is CCCC/C(=C\[Si](C)(C)C)C/C=C/CCCCCO. The lowest BCUT2D eigenvalue weighted by Gasteiger charge is -2.13. The molecular formula is C17H34OSi. The second kappa shape index (κ2) is 11.5. The van der Waals surface area contributed by atoms with Gasteiger partial charge in [-0.15, -0.1) is 0 Å². The van der Waals surface area contributed by atoms with Crippen molar-refractivity contribution < 1.29 is 5.11 Å². The number of hydrogen-bond donors (Lipinski definition) is 1. The molecule has 0 atom stereocenters. The van der Waals surface area contributed by atoms with E-state index in [9.17, 15) is 0 Å². The quantitative estimate of drug-likeness (QED) is 0.302. The molecule has 0 saturated heterocycles. The van der Waals surface area contributed by atoms with Gasteiger partial charge in [-0.25, -0.2) is 0 Å². The molecule has 0 aromatic heterocycles. The third-order valence-electron chi connectivity index (χ3n) is 3.06. The molecule has 0 fully saturated rings. The Morgan fingerprint density at radius 1 is 1.00 bits per heavy atom. The van der Waals surface area contributed by atoms with Gasteiger partial charge < -0.3 is 5.11 Å². The van der Waals surface area contributed by atoms with Crippen molar-refractivity contribution in [2.75, 3.05) is 6.61 Å². The maximum absolute atomic E-state index is 8.71. The molecule has 0 aliphatic rings. The Hall–Kier alpha value is -0.343. The van der Waals surface area contributed by atoms with Gasteiger partial charge in [0.25, 0.3) is 0 Å². The largest absolute Gasteiger partial charge is 0.396 e. The third-order valence-corrected chi connectivity index (χ3v) is 4.34. The van der Waals surface area contributed by atoms with Crippen molar-refractivity contribution in [3.63, 3.8) is 0 Å². The molecule has 0 spiro atoms. The van der Waals surface area contributed by atoms with E-state index in [-0.39, 0.29) is 0 Å². The van der Waals surface area contributed by atoms with Crippen LogP contribution in [-0.2, 0) is 0 Å². The lowest BCUT2D eigenvalue weighted by atomic mass is 10.1. The summed E-state index contributed by atoms with van der Waals surface area (Å²) in [5.41, 5.74) is 4.23. The zero-order valence-corrected chi connectivity index (χ0v) is 14.5. The lowest BCUT2D eigenvalue weighted by Crippen LogP contribution is -2.16. The second-order valence-corrected chi connectivity index (χ2v) is 11.5. The fourth-order valence-corrected chi connectivity index (χ4v) is 3.64. The fourth-order valence-electron chi connectivity index (χ4n) is 2.15. The Kier molecular flexibility index (Phi) is 11.3. The monoisotopic (exact) mass is 282 g/mol. The normalized spacial score (nSPS) is 13.4. The van der Waals surface area contributed by atoms with Gasteiger partial charge in [0, 0.05) is 6.61 Å². The van der Waals surface area contributed by atoms with Crippen LogP contribution in [0.5, 0.6) is 0 Å². The summed E-state index contributed by atoms with van der Waals surface area (Å²) in [6, 6.07) is 0. The standard InChI is InChI=1S/C17H34OSi/c1-5-6-13-17(16-19(2,3)4)14-11-9-7-8-10-12-15-18/h9,11,16,18H,5-8,10,12-15H2,1-4H3/b11-9+,17-16+. The van der Waals surface area contributed by atoms with Crippen LogP contribution < -0.4 is 0 Å². The Bertz CT molecular complexity index is 261. The summed E-state index contributed by atoms with van der Waals surface area (Å²) in [4.78, 5) is 0. The molecule has 0 bridgehead atoms. The smallest absolute Gasteiger partial charge is 0.0686 e. The number of unbranched alkanes of at least 4 members (excludes halogenated alkanes) is 4. The molecule has 0 aliphatic heterocycles. The van der Waals surface area contributed by atoms with Gasteiger partial charge in [0.1, 0.15) is 0 Å². The summed E-state index contributed by atoms with van der Waals surface area (Å²) in [6.45, 7) is 9.85. The second-order valence-electron chi connectivity index (χ2n) is 6.52.